The number of nitrogens with one attached hydrogen (secondary N) is 2. The van der Waals surface area contributed by atoms with Crippen LogP contribution in [0.2, 0.25) is 0 Å². The summed E-state index contributed by atoms with van der Waals surface area (Å²) >= 11 is 0. The lowest BCUT2D eigenvalue weighted by molar-refractivity contribution is 0.0496. The SMILES string of the molecule is COc1ccc2c(C(=O)NC[C@@H]3CN4CCC3CC4)n[nH]c2c1. The van der Waals surface area contributed by atoms with Crippen LogP contribution < -0.4 is 10.1 Å². The van der Waals surface area contributed by atoms with Crippen LogP contribution in [0.5, 0.6) is 5.75 Å². The van der Waals surface area contributed by atoms with E-state index in [1.165, 1.54) is 25.9 Å². The van der Waals surface area contributed by atoms with E-state index in [-0.39, 0.29) is 5.91 Å². The molecule has 1 aromatic carbocycles. The molecule has 4 heterocycles. The molecule has 2 bridgehead atoms. The molecule has 3 aliphatic rings. The number of fused-ring (bicyclic) bond motifs is 4. The van der Waals surface area contributed by atoms with Crippen molar-refractivity contribution in [1.82, 2.24) is 20.4 Å². The third kappa shape index (κ3) is 2.67. The number of H-pyrrole nitrogens is 1. The molecule has 3 aliphatic heterocycles. The van der Waals surface area contributed by atoms with Crippen LogP contribution in [-0.4, -0.2) is 54.3 Å². The van der Waals surface area contributed by atoms with Crippen molar-refractivity contribution in [3.8, 4) is 5.75 Å². The maximum atomic E-state index is 12.5. The van der Waals surface area contributed by atoms with Crippen LogP contribution in [-0.2, 0) is 0 Å². The second kappa shape index (κ2) is 5.85. The topological polar surface area (TPSA) is 70.2 Å². The van der Waals surface area contributed by atoms with Crippen molar-refractivity contribution >= 4 is 16.8 Å². The normalized spacial score (nSPS) is 26.4. The van der Waals surface area contributed by atoms with Crippen LogP contribution in [0.15, 0.2) is 18.2 Å². The minimum atomic E-state index is -0.0992. The highest BCUT2D eigenvalue weighted by Crippen LogP contribution is 2.31. The molecule has 1 aromatic heterocycles. The van der Waals surface area contributed by atoms with Gasteiger partial charge in [-0.2, -0.15) is 5.10 Å². The molecule has 6 heteroatoms. The number of methoxy groups -OCH3 is 1. The molecule has 23 heavy (non-hydrogen) atoms. The number of benzene rings is 1. The molecule has 0 unspecified atom stereocenters. The second-order valence-corrected chi connectivity index (χ2v) is 6.59. The first-order chi connectivity index (χ1) is 11.2. The zero-order chi connectivity index (χ0) is 15.8. The first kappa shape index (κ1) is 14.5. The van der Waals surface area contributed by atoms with E-state index in [0.717, 1.165) is 35.7 Å². The number of ether oxygens (including phenoxy) is 1. The van der Waals surface area contributed by atoms with Gasteiger partial charge in [0, 0.05) is 24.5 Å². The molecule has 3 fully saturated rings. The van der Waals surface area contributed by atoms with Gasteiger partial charge < -0.3 is 15.0 Å². The summed E-state index contributed by atoms with van der Waals surface area (Å²) in [5.74, 6) is 1.99. The smallest absolute Gasteiger partial charge is 0.272 e. The Balaban J connectivity index is 1.45. The third-order valence-corrected chi connectivity index (χ3v) is 5.30. The Morgan fingerprint density at radius 3 is 2.96 bits per heavy atom. The van der Waals surface area contributed by atoms with E-state index in [1.807, 2.05) is 18.2 Å². The van der Waals surface area contributed by atoms with Gasteiger partial charge in [-0.05, 0) is 49.9 Å². The van der Waals surface area contributed by atoms with E-state index in [0.29, 0.717) is 11.6 Å². The quantitative estimate of drug-likeness (QED) is 0.900. The highest BCUT2D eigenvalue weighted by atomic mass is 16.5. The van der Waals surface area contributed by atoms with Gasteiger partial charge in [-0.1, -0.05) is 0 Å². The number of amides is 1. The Bertz CT molecular complexity index is 718. The van der Waals surface area contributed by atoms with E-state index in [1.54, 1.807) is 7.11 Å². The zero-order valence-corrected chi connectivity index (χ0v) is 13.3. The predicted octanol–water partition coefficient (Wildman–Crippen LogP) is 1.64. The van der Waals surface area contributed by atoms with Crippen LogP contribution in [0.3, 0.4) is 0 Å². The highest BCUT2D eigenvalue weighted by Gasteiger charge is 2.34. The fourth-order valence-electron chi connectivity index (χ4n) is 3.93. The van der Waals surface area contributed by atoms with Crippen molar-refractivity contribution in [1.29, 1.82) is 0 Å². The first-order valence-corrected chi connectivity index (χ1v) is 8.27. The van der Waals surface area contributed by atoms with E-state index >= 15 is 0 Å². The highest BCUT2D eigenvalue weighted by molar-refractivity contribution is 6.04. The zero-order valence-electron chi connectivity index (χ0n) is 13.3. The van der Waals surface area contributed by atoms with Crippen LogP contribution >= 0.6 is 0 Å². The van der Waals surface area contributed by atoms with Gasteiger partial charge in [-0.3, -0.25) is 9.89 Å². The molecule has 0 radical (unpaired) electrons. The lowest BCUT2D eigenvalue weighted by Gasteiger charge is -2.44. The van der Waals surface area contributed by atoms with Crippen LogP contribution in [0, 0.1) is 11.8 Å². The molecule has 2 N–H and O–H groups in total. The summed E-state index contributed by atoms with van der Waals surface area (Å²) < 4.78 is 5.19. The van der Waals surface area contributed by atoms with Crippen molar-refractivity contribution in [3.63, 3.8) is 0 Å². The summed E-state index contributed by atoms with van der Waals surface area (Å²) in [7, 11) is 1.62. The second-order valence-electron chi connectivity index (χ2n) is 6.59. The van der Waals surface area contributed by atoms with Gasteiger partial charge in [0.05, 0.1) is 12.6 Å². The number of nitrogens with zero attached hydrogens (tertiary/aromatic N) is 2. The van der Waals surface area contributed by atoms with Crippen molar-refractivity contribution in [3.05, 3.63) is 23.9 Å². The molecule has 5 rings (SSSR count). The van der Waals surface area contributed by atoms with E-state index in [9.17, 15) is 4.79 Å². The molecular weight excluding hydrogens is 292 g/mol. The summed E-state index contributed by atoms with van der Waals surface area (Å²) in [6, 6.07) is 5.58. The number of aromatic nitrogens is 2. The standard InChI is InChI=1S/C17H22N4O2/c1-23-13-2-3-14-15(8-13)19-20-16(14)17(22)18-9-12-10-21-6-4-11(12)5-7-21/h2-3,8,11-12H,4-7,9-10H2,1H3,(H,18,22)(H,19,20)/t12-/m1/s1. The van der Waals surface area contributed by atoms with E-state index < -0.39 is 0 Å². The third-order valence-electron chi connectivity index (χ3n) is 5.30. The van der Waals surface area contributed by atoms with Crippen molar-refractivity contribution < 1.29 is 9.53 Å². The van der Waals surface area contributed by atoms with Gasteiger partial charge in [-0.15, -0.1) is 0 Å². The van der Waals surface area contributed by atoms with Crippen molar-refractivity contribution in [2.24, 2.45) is 11.8 Å². The number of carbonyl (C=O) groups excluding carboxylic acids is 1. The minimum Gasteiger partial charge on any atom is -0.497 e. The van der Waals surface area contributed by atoms with Crippen molar-refractivity contribution in [2.75, 3.05) is 33.3 Å². The van der Waals surface area contributed by atoms with Crippen molar-refractivity contribution in [2.45, 2.75) is 12.8 Å². The lowest BCUT2D eigenvalue weighted by atomic mass is 9.79. The van der Waals surface area contributed by atoms with Crippen LogP contribution in [0.4, 0.5) is 0 Å². The largest absolute Gasteiger partial charge is 0.497 e. The molecule has 0 spiro atoms. The fourth-order valence-corrected chi connectivity index (χ4v) is 3.93. The molecule has 3 saturated heterocycles. The first-order valence-electron chi connectivity index (χ1n) is 8.27. The Labute approximate surface area is 135 Å². The Morgan fingerprint density at radius 1 is 1.43 bits per heavy atom. The van der Waals surface area contributed by atoms with Gasteiger partial charge in [-0.25, -0.2) is 0 Å². The summed E-state index contributed by atoms with van der Waals surface area (Å²) in [5, 5.41) is 11.0. The molecule has 0 aliphatic carbocycles. The number of piperidine rings is 3. The number of hydrogen-bond acceptors (Lipinski definition) is 4. The van der Waals surface area contributed by atoms with Gasteiger partial charge >= 0.3 is 0 Å². The summed E-state index contributed by atoms with van der Waals surface area (Å²) in [6.45, 7) is 4.30. The molecule has 122 valence electrons. The number of rotatable bonds is 4. The molecule has 1 amide bonds. The van der Waals surface area contributed by atoms with Gasteiger partial charge in [0.2, 0.25) is 0 Å². The molecule has 2 aromatic rings. The molecular formula is C17H22N4O2. The number of hydrogen-bond donors (Lipinski definition) is 2. The summed E-state index contributed by atoms with van der Waals surface area (Å²) in [5.41, 5.74) is 1.28. The summed E-state index contributed by atoms with van der Waals surface area (Å²) in [6.07, 6.45) is 2.54. The molecule has 6 nitrogen and oxygen atoms in total. The monoisotopic (exact) mass is 314 g/mol. The Kier molecular flexibility index (Phi) is 3.69. The van der Waals surface area contributed by atoms with Crippen LogP contribution in [0.1, 0.15) is 23.3 Å². The fraction of sp³-hybridized carbons (Fsp3) is 0.529. The summed E-state index contributed by atoms with van der Waals surface area (Å²) in [4.78, 5) is 15.0. The van der Waals surface area contributed by atoms with E-state index in [4.69, 9.17) is 4.74 Å². The average molecular weight is 314 g/mol. The maximum Gasteiger partial charge on any atom is 0.272 e. The Hall–Kier alpha value is -2.08. The molecule has 1 atom stereocenters. The van der Waals surface area contributed by atoms with E-state index in [2.05, 4.69) is 20.4 Å². The Morgan fingerprint density at radius 2 is 2.26 bits per heavy atom. The van der Waals surface area contributed by atoms with Crippen LogP contribution in [0.25, 0.3) is 10.9 Å². The minimum absolute atomic E-state index is 0.0992. The number of carbonyl (C=O) groups is 1. The van der Waals surface area contributed by atoms with Gasteiger partial charge in [0.1, 0.15) is 5.75 Å². The van der Waals surface area contributed by atoms with Gasteiger partial charge in [0.25, 0.3) is 5.91 Å². The predicted molar refractivity (Wildman–Crippen MR) is 87.6 cm³/mol. The molecule has 0 saturated carbocycles. The average Bonchev–Trinajstić information content (AvgIpc) is 3.03. The van der Waals surface area contributed by atoms with Gasteiger partial charge in [0.15, 0.2) is 5.69 Å². The number of aromatic amines is 1. The lowest BCUT2D eigenvalue weighted by Crippen LogP contribution is -2.50. The maximum absolute atomic E-state index is 12.5.